The Kier molecular flexibility index (Phi) is 13.5. The van der Waals surface area contributed by atoms with Crippen molar-refractivity contribution in [3.8, 4) is 0 Å². The van der Waals surface area contributed by atoms with Gasteiger partial charge in [0, 0.05) is 11.7 Å². The number of benzene rings is 2. The molecule has 0 radical (unpaired) electrons. The van der Waals surface area contributed by atoms with Gasteiger partial charge in [0.05, 0.1) is 6.04 Å². The van der Waals surface area contributed by atoms with Crippen LogP contribution >= 0.6 is 12.6 Å². The fraction of sp³-hybridized carbons (Fsp3) is 0.515. The van der Waals surface area contributed by atoms with Crippen LogP contribution in [0.2, 0.25) is 0 Å². The zero-order valence-electron chi connectivity index (χ0n) is 25.1. The SMILES string of the molecule is CC[C@H](C)[C@H](NC(=O)[C@@H](N)C(c1ccccc1)c1ccccc1)C(=O)N[C@@H](CC1CCCCC1)C(=O)N[C@@H](CS)C(=O)O. The Labute approximate surface area is 260 Å². The molecule has 9 nitrogen and oxygen atoms in total. The van der Waals surface area contributed by atoms with E-state index in [1.165, 1.54) is 0 Å². The molecule has 3 amide bonds. The first-order valence-electron chi connectivity index (χ1n) is 15.3. The van der Waals surface area contributed by atoms with Gasteiger partial charge in [0.15, 0.2) is 0 Å². The van der Waals surface area contributed by atoms with Crippen molar-refractivity contribution in [2.45, 2.75) is 88.9 Å². The minimum Gasteiger partial charge on any atom is -0.480 e. The van der Waals surface area contributed by atoms with Crippen molar-refractivity contribution >= 4 is 36.3 Å². The van der Waals surface area contributed by atoms with Crippen molar-refractivity contribution < 1.29 is 24.3 Å². The largest absolute Gasteiger partial charge is 0.480 e. The summed E-state index contributed by atoms with van der Waals surface area (Å²) < 4.78 is 0. The number of hydrogen-bond donors (Lipinski definition) is 6. The number of carbonyl (C=O) groups is 4. The third-order valence-electron chi connectivity index (χ3n) is 8.50. The molecular formula is C33H46N4O5S. The second-order valence-electron chi connectivity index (χ2n) is 11.6. The minimum atomic E-state index is -1.20. The van der Waals surface area contributed by atoms with Crippen LogP contribution in [0, 0.1) is 11.8 Å². The van der Waals surface area contributed by atoms with Gasteiger partial charge in [-0.15, -0.1) is 0 Å². The highest BCUT2D eigenvalue weighted by molar-refractivity contribution is 7.80. The molecule has 2 aromatic carbocycles. The molecular weight excluding hydrogens is 564 g/mol. The number of carbonyl (C=O) groups excluding carboxylic acids is 3. The summed E-state index contributed by atoms with van der Waals surface area (Å²) in [6.07, 6.45) is 6.10. The fourth-order valence-corrected chi connectivity index (χ4v) is 5.99. The quantitative estimate of drug-likeness (QED) is 0.170. The van der Waals surface area contributed by atoms with Crippen molar-refractivity contribution in [1.29, 1.82) is 0 Å². The molecule has 1 fully saturated rings. The lowest BCUT2D eigenvalue weighted by atomic mass is 9.84. The van der Waals surface area contributed by atoms with Crippen LogP contribution in [0.25, 0.3) is 0 Å². The van der Waals surface area contributed by atoms with Crippen LogP contribution in [0.1, 0.15) is 75.8 Å². The predicted octanol–water partition coefficient (Wildman–Crippen LogP) is 3.63. The topological polar surface area (TPSA) is 151 Å². The van der Waals surface area contributed by atoms with Crippen LogP contribution in [-0.4, -0.2) is 58.7 Å². The van der Waals surface area contributed by atoms with E-state index in [2.05, 4.69) is 28.6 Å². The lowest BCUT2D eigenvalue weighted by Gasteiger charge is -2.31. The second kappa shape index (κ2) is 17.1. The van der Waals surface area contributed by atoms with Crippen LogP contribution in [0.5, 0.6) is 0 Å². The normalized spacial score (nSPS) is 17.2. The molecule has 0 aliphatic heterocycles. The van der Waals surface area contributed by atoms with E-state index in [4.69, 9.17) is 5.73 Å². The van der Waals surface area contributed by atoms with Crippen molar-refractivity contribution in [3.05, 3.63) is 71.8 Å². The molecule has 1 aliphatic rings. The fourth-order valence-electron chi connectivity index (χ4n) is 5.74. The number of thiol groups is 1. The maximum atomic E-state index is 13.8. The summed E-state index contributed by atoms with van der Waals surface area (Å²) in [5.41, 5.74) is 8.37. The molecule has 1 aliphatic carbocycles. The van der Waals surface area contributed by atoms with E-state index in [1.54, 1.807) is 0 Å². The average molecular weight is 611 g/mol. The van der Waals surface area contributed by atoms with Crippen molar-refractivity contribution in [1.82, 2.24) is 16.0 Å². The lowest BCUT2D eigenvalue weighted by molar-refractivity contribution is -0.141. The van der Waals surface area contributed by atoms with Crippen LogP contribution in [-0.2, 0) is 19.2 Å². The van der Waals surface area contributed by atoms with Crippen molar-refractivity contribution in [2.75, 3.05) is 5.75 Å². The molecule has 234 valence electrons. The highest BCUT2D eigenvalue weighted by atomic mass is 32.1. The summed E-state index contributed by atoms with van der Waals surface area (Å²) in [4.78, 5) is 52.3. The monoisotopic (exact) mass is 610 g/mol. The molecule has 10 heteroatoms. The first-order valence-corrected chi connectivity index (χ1v) is 15.9. The molecule has 5 atom stereocenters. The zero-order chi connectivity index (χ0) is 31.4. The maximum absolute atomic E-state index is 13.8. The van der Waals surface area contributed by atoms with Crippen LogP contribution in [0.4, 0.5) is 0 Å². The number of rotatable bonds is 15. The van der Waals surface area contributed by atoms with E-state index in [9.17, 15) is 24.3 Å². The summed E-state index contributed by atoms with van der Waals surface area (Å²) >= 11 is 4.05. The van der Waals surface area contributed by atoms with Gasteiger partial charge in [-0.25, -0.2) is 4.79 Å². The van der Waals surface area contributed by atoms with E-state index in [1.807, 2.05) is 74.5 Å². The number of carboxylic acids is 1. The molecule has 2 aromatic rings. The molecule has 0 saturated heterocycles. The maximum Gasteiger partial charge on any atom is 0.327 e. The van der Waals surface area contributed by atoms with Gasteiger partial charge in [0.25, 0.3) is 0 Å². The third kappa shape index (κ3) is 9.83. The van der Waals surface area contributed by atoms with E-state index in [0.29, 0.717) is 12.8 Å². The Bertz CT molecular complexity index is 1150. The van der Waals surface area contributed by atoms with Gasteiger partial charge >= 0.3 is 5.97 Å². The van der Waals surface area contributed by atoms with E-state index in [0.717, 1.165) is 43.2 Å². The third-order valence-corrected chi connectivity index (χ3v) is 8.86. The highest BCUT2D eigenvalue weighted by Gasteiger charge is 2.35. The number of carboxylic acid groups (broad SMARTS) is 1. The molecule has 0 unspecified atom stereocenters. The van der Waals surface area contributed by atoms with E-state index < -0.39 is 53.8 Å². The van der Waals surface area contributed by atoms with Crippen LogP contribution in [0.15, 0.2) is 60.7 Å². The van der Waals surface area contributed by atoms with Gasteiger partial charge in [0.2, 0.25) is 17.7 Å². The molecule has 43 heavy (non-hydrogen) atoms. The van der Waals surface area contributed by atoms with Gasteiger partial charge in [-0.05, 0) is 29.4 Å². The van der Waals surface area contributed by atoms with Gasteiger partial charge in [-0.3, -0.25) is 14.4 Å². The summed E-state index contributed by atoms with van der Waals surface area (Å²) in [6, 6.07) is 15.0. The Balaban J connectivity index is 1.82. The Hall–Kier alpha value is -3.37. The zero-order valence-corrected chi connectivity index (χ0v) is 26.0. The smallest absolute Gasteiger partial charge is 0.327 e. The highest BCUT2D eigenvalue weighted by Crippen LogP contribution is 2.29. The molecule has 6 N–H and O–H groups in total. The summed E-state index contributed by atoms with van der Waals surface area (Å²) in [5.74, 6) is -3.30. The van der Waals surface area contributed by atoms with E-state index in [-0.39, 0.29) is 17.6 Å². The minimum absolute atomic E-state index is 0.0847. The lowest BCUT2D eigenvalue weighted by Crippen LogP contribution is -2.59. The molecule has 0 bridgehead atoms. The second-order valence-corrected chi connectivity index (χ2v) is 11.9. The van der Waals surface area contributed by atoms with Crippen molar-refractivity contribution in [2.24, 2.45) is 17.6 Å². The van der Waals surface area contributed by atoms with Gasteiger partial charge in [-0.2, -0.15) is 12.6 Å². The summed E-state index contributed by atoms with van der Waals surface area (Å²) in [7, 11) is 0. The Morgan fingerprint density at radius 3 is 1.86 bits per heavy atom. The molecule has 3 rings (SSSR count). The average Bonchev–Trinajstić information content (AvgIpc) is 3.02. The first kappa shape index (κ1) is 34.1. The molecule has 0 heterocycles. The van der Waals surface area contributed by atoms with Gasteiger partial charge in [-0.1, -0.05) is 113 Å². The molecule has 0 spiro atoms. The Morgan fingerprint density at radius 1 is 0.837 bits per heavy atom. The number of hydrogen-bond acceptors (Lipinski definition) is 6. The number of nitrogens with two attached hydrogens (primary N) is 1. The Morgan fingerprint density at radius 2 is 1.37 bits per heavy atom. The number of nitrogens with one attached hydrogen (secondary N) is 3. The molecule has 0 aromatic heterocycles. The van der Waals surface area contributed by atoms with Gasteiger partial charge < -0.3 is 26.8 Å². The van der Waals surface area contributed by atoms with Crippen LogP contribution in [0.3, 0.4) is 0 Å². The van der Waals surface area contributed by atoms with Crippen molar-refractivity contribution in [3.63, 3.8) is 0 Å². The standard InChI is InChI=1S/C33H46N4O5S/c1-3-21(2)29(37-31(39)28(34)27(23-15-9-5-10-16-23)24-17-11-6-12-18-24)32(40)35-25(19-22-13-7-4-8-14-22)30(38)36-26(20-43)33(41)42/h5-6,9-12,15-18,21-22,25-29,43H,3-4,7-8,13-14,19-20,34H2,1-2H3,(H,35,40)(H,36,38)(H,37,39)(H,41,42)/t21-,25-,26-,28-,29-/m0/s1. The molecule has 1 saturated carbocycles. The first-order chi connectivity index (χ1) is 20.7. The number of amides is 3. The van der Waals surface area contributed by atoms with E-state index >= 15 is 0 Å². The number of aliphatic carboxylic acids is 1. The summed E-state index contributed by atoms with van der Waals surface area (Å²) in [6.45, 7) is 3.78. The van der Waals surface area contributed by atoms with Crippen LogP contribution < -0.4 is 21.7 Å². The predicted molar refractivity (Wildman–Crippen MR) is 171 cm³/mol. The summed E-state index contributed by atoms with van der Waals surface area (Å²) in [5, 5.41) is 17.7. The van der Waals surface area contributed by atoms with Gasteiger partial charge in [0.1, 0.15) is 18.1 Å².